The summed E-state index contributed by atoms with van der Waals surface area (Å²) in [5, 5.41) is 1.13. The van der Waals surface area contributed by atoms with Gasteiger partial charge in [0.05, 0.1) is 36.3 Å². The molecule has 0 spiro atoms. The third kappa shape index (κ3) is 6.55. The Bertz CT molecular complexity index is 1920. The average molecular weight is 633 g/mol. The number of aryl methyl sites for hydroxylation is 2. The van der Waals surface area contributed by atoms with E-state index in [0.29, 0.717) is 31.7 Å². The van der Waals surface area contributed by atoms with Crippen molar-refractivity contribution in [2.75, 3.05) is 37.7 Å². The van der Waals surface area contributed by atoms with E-state index in [0.717, 1.165) is 77.4 Å². The van der Waals surface area contributed by atoms with Crippen molar-refractivity contribution in [1.82, 2.24) is 24.3 Å². The number of anilines is 1. The fourth-order valence-corrected chi connectivity index (χ4v) is 6.42. The van der Waals surface area contributed by atoms with E-state index in [2.05, 4.69) is 33.7 Å². The first-order valence-corrected chi connectivity index (χ1v) is 16.4. The van der Waals surface area contributed by atoms with Crippen molar-refractivity contribution in [2.45, 2.75) is 58.1 Å². The van der Waals surface area contributed by atoms with Crippen LogP contribution in [0.25, 0.3) is 27.8 Å². The molecule has 0 aliphatic carbocycles. The molecule has 47 heavy (non-hydrogen) atoms. The summed E-state index contributed by atoms with van der Waals surface area (Å²) in [6.07, 6.45) is 6.85. The number of fused-ring (bicyclic) bond motifs is 2. The number of pyridine rings is 1. The Labute approximate surface area is 274 Å². The van der Waals surface area contributed by atoms with Gasteiger partial charge in [0.25, 0.3) is 5.91 Å². The van der Waals surface area contributed by atoms with Gasteiger partial charge in [-0.25, -0.2) is 14.8 Å². The van der Waals surface area contributed by atoms with Gasteiger partial charge in [-0.1, -0.05) is 36.4 Å². The molecule has 2 aliphatic heterocycles. The number of carbonyl (C=O) groups is 2. The van der Waals surface area contributed by atoms with Gasteiger partial charge in [0, 0.05) is 48.0 Å². The Balaban J connectivity index is 1.16. The maximum atomic E-state index is 13.5. The number of ether oxygens (including phenoxy) is 2. The van der Waals surface area contributed by atoms with Crippen LogP contribution in [0.3, 0.4) is 0 Å². The molecule has 10 heteroatoms. The van der Waals surface area contributed by atoms with Crippen LogP contribution >= 0.6 is 0 Å². The van der Waals surface area contributed by atoms with Crippen molar-refractivity contribution in [3.05, 3.63) is 90.0 Å². The molecule has 7 rings (SSSR count). The number of hydrogen-bond donors (Lipinski definition) is 0. The van der Waals surface area contributed by atoms with E-state index < -0.39 is 11.6 Å². The summed E-state index contributed by atoms with van der Waals surface area (Å²) in [4.78, 5) is 45.1. The topological polar surface area (TPSA) is 102 Å². The molecule has 0 saturated carbocycles. The molecule has 2 fully saturated rings. The maximum Gasteiger partial charge on any atom is 0.329 e. The highest BCUT2D eigenvalue weighted by Gasteiger charge is 2.37. The van der Waals surface area contributed by atoms with Crippen LogP contribution in [-0.4, -0.2) is 80.6 Å². The molecule has 5 aromatic rings. The van der Waals surface area contributed by atoms with Crippen LogP contribution in [0.15, 0.2) is 73.1 Å². The van der Waals surface area contributed by atoms with Crippen LogP contribution in [0.4, 0.5) is 5.82 Å². The lowest BCUT2D eigenvalue weighted by Crippen LogP contribution is -2.43. The van der Waals surface area contributed by atoms with Gasteiger partial charge in [0.15, 0.2) is 11.5 Å². The zero-order valence-electron chi connectivity index (χ0n) is 27.2. The minimum Gasteiger partial charge on any atom is -0.458 e. The fraction of sp³-hybridized carbons (Fsp3) is 0.378. The van der Waals surface area contributed by atoms with Crippen LogP contribution in [0.2, 0.25) is 0 Å². The molecule has 0 bridgehead atoms. The summed E-state index contributed by atoms with van der Waals surface area (Å²) in [6.45, 7) is 8.87. The molecule has 0 radical (unpaired) electrons. The Morgan fingerprint density at radius 1 is 0.915 bits per heavy atom. The summed E-state index contributed by atoms with van der Waals surface area (Å²) < 4.78 is 13.3. The summed E-state index contributed by atoms with van der Waals surface area (Å²) >= 11 is 0. The van der Waals surface area contributed by atoms with Gasteiger partial charge in [0.2, 0.25) is 0 Å². The molecule has 242 valence electrons. The molecular weight excluding hydrogens is 592 g/mol. The predicted molar refractivity (Wildman–Crippen MR) is 181 cm³/mol. The van der Waals surface area contributed by atoms with E-state index in [9.17, 15) is 9.59 Å². The lowest BCUT2D eigenvalue weighted by Gasteiger charge is -2.28. The van der Waals surface area contributed by atoms with E-state index >= 15 is 0 Å². The highest BCUT2D eigenvalue weighted by Crippen LogP contribution is 2.29. The van der Waals surface area contributed by atoms with Gasteiger partial charge in [0.1, 0.15) is 11.6 Å². The second-order valence-corrected chi connectivity index (χ2v) is 13.3. The molecule has 2 aromatic carbocycles. The van der Waals surface area contributed by atoms with Crippen LogP contribution in [0.5, 0.6) is 0 Å². The molecule has 0 unspecified atom stereocenters. The highest BCUT2D eigenvalue weighted by atomic mass is 16.6. The van der Waals surface area contributed by atoms with Gasteiger partial charge in [-0.2, -0.15) is 0 Å². The second kappa shape index (κ2) is 12.8. The number of esters is 1. The summed E-state index contributed by atoms with van der Waals surface area (Å²) in [7, 11) is 0. The van der Waals surface area contributed by atoms with E-state index in [1.165, 1.54) is 0 Å². The van der Waals surface area contributed by atoms with E-state index in [1.807, 2.05) is 69.4 Å². The van der Waals surface area contributed by atoms with E-state index in [-0.39, 0.29) is 11.9 Å². The molecule has 0 N–H and O–H groups in total. The SMILES string of the molecule is CC(C)(C)OC(=O)[C@@H]1CCCN1C(=O)c1ccc(-c2cnc(N3CCOCC3)c3nc(CCc4ccc5ccccc5n4)cn23)cc1. The van der Waals surface area contributed by atoms with Crippen LogP contribution in [0.1, 0.15) is 55.4 Å². The van der Waals surface area contributed by atoms with Gasteiger partial charge >= 0.3 is 5.97 Å². The van der Waals surface area contributed by atoms with Gasteiger partial charge < -0.3 is 19.3 Å². The first-order valence-electron chi connectivity index (χ1n) is 16.4. The number of carbonyl (C=O) groups excluding carboxylic acids is 2. The van der Waals surface area contributed by atoms with Crippen molar-refractivity contribution in [1.29, 1.82) is 0 Å². The maximum absolute atomic E-state index is 13.5. The number of amides is 1. The number of rotatable bonds is 7. The lowest BCUT2D eigenvalue weighted by atomic mass is 10.1. The normalized spacial score (nSPS) is 17.0. The minimum atomic E-state index is -0.604. The van der Waals surface area contributed by atoms with Gasteiger partial charge in [-0.05, 0) is 70.7 Å². The predicted octanol–water partition coefficient (Wildman–Crippen LogP) is 5.51. The molecule has 1 amide bonds. The quantitative estimate of drug-likeness (QED) is 0.217. The lowest BCUT2D eigenvalue weighted by molar-refractivity contribution is -0.159. The minimum absolute atomic E-state index is 0.164. The zero-order chi connectivity index (χ0) is 32.5. The second-order valence-electron chi connectivity index (χ2n) is 13.3. The van der Waals surface area contributed by atoms with Crippen molar-refractivity contribution >= 4 is 34.2 Å². The Morgan fingerprint density at radius 3 is 2.47 bits per heavy atom. The van der Waals surface area contributed by atoms with E-state index in [4.69, 9.17) is 24.4 Å². The van der Waals surface area contributed by atoms with E-state index in [1.54, 1.807) is 4.90 Å². The smallest absolute Gasteiger partial charge is 0.329 e. The number of hydrogen-bond acceptors (Lipinski definition) is 8. The highest BCUT2D eigenvalue weighted by molar-refractivity contribution is 5.97. The number of morpholine rings is 1. The third-order valence-electron chi connectivity index (χ3n) is 8.75. The van der Waals surface area contributed by atoms with Crippen LogP contribution < -0.4 is 4.90 Å². The Morgan fingerprint density at radius 2 is 1.68 bits per heavy atom. The number of nitrogens with zero attached hydrogens (tertiary/aromatic N) is 6. The number of benzene rings is 2. The first-order chi connectivity index (χ1) is 22.7. The van der Waals surface area contributed by atoms with Crippen molar-refractivity contribution in [3.8, 4) is 11.3 Å². The number of likely N-dealkylation sites (tertiary alicyclic amines) is 1. The number of aromatic nitrogens is 4. The fourth-order valence-electron chi connectivity index (χ4n) is 6.42. The molecule has 2 aliphatic rings. The number of imidazole rings is 1. The summed E-state index contributed by atoms with van der Waals surface area (Å²) in [5.41, 5.74) is 5.50. The van der Waals surface area contributed by atoms with Crippen molar-refractivity contribution in [2.24, 2.45) is 0 Å². The molecule has 2 saturated heterocycles. The van der Waals surface area contributed by atoms with Crippen molar-refractivity contribution in [3.63, 3.8) is 0 Å². The van der Waals surface area contributed by atoms with Gasteiger partial charge in [-0.15, -0.1) is 0 Å². The van der Waals surface area contributed by atoms with Crippen molar-refractivity contribution < 1.29 is 19.1 Å². The Kier molecular flexibility index (Phi) is 8.36. The largest absolute Gasteiger partial charge is 0.458 e. The van der Waals surface area contributed by atoms with Crippen LogP contribution in [0, 0.1) is 0 Å². The molecule has 10 nitrogen and oxygen atoms in total. The third-order valence-corrected chi connectivity index (χ3v) is 8.75. The van der Waals surface area contributed by atoms with Gasteiger partial charge in [-0.3, -0.25) is 14.2 Å². The molecular formula is C37H40N6O4. The standard InChI is InChI=1S/C37H40N6O4/c1-37(2,3)47-36(45)31-9-6-18-42(31)35(44)27-12-10-26(11-13-27)32-23-38-33(41-19-21-46-22-20-41)34-40-29(24-43(32)34)17-16-28-15-14-25-7-4-5-8-30(25)39-28/h4-5,7-8,10-15,23-24,31H,6,9,16-22H2,1-3H3/t31-/m0/s1. The van der Waals surface area contributed by atoms with Crippen LogP contribution in [-0.2, 0) is 27.1 Å². The summed E-state index contributed by atoms with van der Waals surface area (Å²) in [6, 6.07) is 19.3. The summed E-state index contributed by atoms with van der Waals surface area (Å²) in [5.74, 6) is 0.324. The zero-order valence-corrected chi connectivity index (χ0v) is 27.2. The molecule has 5 heterocycles. The number of para-hydroxylation sites is 1. The average Bonchev–Trinajstić information content (AvgIpc) is 3.75. The molecule has 1 atom stereocenters. The first kappa shape index (κ1) is 30.8. The Hall–Kier alpha value is -4.83. The molecule has 3 aromatic heterocycles. The monoisotopic (exact) mass is 632 g/mol.